The van der Waals surface area contributed by atoms with Gasteiger partial charge in [0.15, 0.2) is 6.29 Å². The Morgan fingerprint density at radius 2 is 1.57 bits per heavy atom. The van der Waals surface area contributed by atoms with Crippen LogP contribution in [0.4, 0.5) is 0 Å². The second kappa shape index (κ2) is 9.44. The summed E-state index contributed by atoms with van der Waals surface area (Å²) in [5, 5.41) is 0. The molecule has 14 heavy (non-hydrogen) atoms. The lowest BCUT2D eigenvalue weighted by molar-refractivity contribution is -0.167. The van der Waals surface area contributed by atoms with Crippen molar-refractivity contribution in [1.82, 2.24) is 0 Å². The van der Waals surface area contributed by atoms with Crippen LogP contribution >= 0.6 is 0 Å². The second-order valence-electron chi connectivity index (χ2n) is 3.60. The topological polar surface area (TPSA) is 27.7 Å². The lowest BCUT2D eigenvalue weighted by Crippen LogP contribution is -2.24. The third kappa shape index (κ3) is 8.48. The predicted molar refractivity (Wildman–Crippen MR) is 57.3 cm³/mol. The van der Waals surface area contributed by atoms with Gasteiger partial charge in [-0.25, -0.2) is 0 Å². The first-order valence-corrected chi connectivity index (χ1v) is 5.51. The number of ether oxygens (including phenoxy) is 3. The fourth-order valence-corrected chi connectivity index (χ4v) is 1.01. The lowest BCUT2D eigenvalue weighted by atomic mass is 10.1. The summed E-state index contributed by atoms with van der Waals surface area (Å²) in [6.07, 6.45) is 0.891. The fourth-order valence-electron chi connectivity index (χ4n) is 1.01. The highest BCUT2D eigenvalue weighted by atomic mass is 16.7. The molecule has 0 bridgehead atoms. The van der Waals surface area contributed by atoms with Crippen LogP contribution in [0.1, 0.15) is 34.1 Å². The molecule has 86 valence electrons. The lowest BCUT2D eigenvalue weighted by Gasteiger charge is -2.17. The Bertz CT molecular complexity index is 109. The zero-order valence-electron chi connectivity index (χ0n) is 9.91. The van der Waals surface area contributed by atoms with Crippen LogP contribution in [0.15, 0.2) is 0 Å². The van der Waals surface area contributed by atoms with E-state index >= 15 is 0 Å². The van der Waals surface area contributed by atoms with Gasteiger partial charge in [-0.15, -0.1) is 0 Å². The van der Waals surface area contributed by atoms with Gasteiger partial charge in [0.1, 0.15) is 0 Å². The minimum atomic E-state index is -0.197. The van der Waals surface area contributed by atoms with Gasteiger partial charge >= 0.3 is 0 Å². The fraction of sp³-hybridized carbons (Fsp3) is 1.00. The van der Waals surface area contributed by atoms with Crippen LogP contribution in [0, 0.1) is 5.92 Å². The molecule has 0 saturated heterocycles. The Morgan fingerprint density at radius 1 is 1.00 bits per heavy atom. The molecule has 0 heterocycles. The first kappa shape index (κ1) is 13.9. The van der Waals surface area contributed by atoms with Crippen LogP contribution in [0.3, 0.4) is 0 Å². The molecule has 0 aliphatic rings. The van der Waals surface area contributed by atoms with Crippen molar-refractivity contribution < 1.29 is 14.2 Å². The SMILES string of the molecule is CCOC(COCCC(C)C)OCC. The number of hydrogen-bond acceptors (Lipinski definition) is 3. The third-order valence-corrected chi connectivity index (χ3v) is 1.80. The second-order valence-corrected chi connectivity index (χ2v) is 3.60. The third-order valence-electron chi connectivity index (χ3n) is 1.80. The smallest absolute Gasteiger partial charge is 0.180 e. The Balaban J connectivity index is 3.40. The van der Waals surface area contributed by atoms with E-state index in [1.165, 1.54) is 0 Å². The minimum absolute atomic E-state index is 0.197. The standard InChI is InChI=1S/C11H24O3/c1-5-13-11(14-6-2)9-12-8-7-10(3)4/h10-11H,5-9H2,1-4H3. The van der Waals surface area contributed by atoms with E-state index in [2.05, 4.69) is 13.8 Å². The summed E-state index contributed by atoms with van der Waals surface area (Å²) in [7, 11) is 0. The van der Waals surface area contributed by atoms with E-state index in [1.807, 2.05) is 13.8 Å². The van der Waals surface area contributed by atoms with Gasteiger partial charge in [0, 0.05) is 19.8 Å². The van der Waals surface area contributed by atoms with Crippen LogP contribution in [0.2, 0.25) is 0 Å². The molecule has 0 unspecified atom stereocenters. The molecular formula is C11H24O3. The molecule has 0 aliphatic carbocycles. The van der Waals surface area contributed by atoms with E-state index in [4.69, 9.17) is 14.2 Å². The Labute approximate surface area is 87.7 Å². The van der Waals surface area contributed by atoms with Crippen molar-refractivity contribution in [3.63, 3.8) is 0 Å². The van der Waals surface area contributed by atoms with E-state index in [-0.39, 0.29) is 6.29 Å². The molecule has 0 rings (SSSR count). The van der Waals surface area contributed by atoms with Gasteiger partial charge in [-0.1, -0.05) is 13.8 Å². The molecule has 0 radical (unpaired) electrons. The van der Waals surface area contributed by atoms with E-state index < -0.39 is 0 Å². The Morgan fingerprint density at radius 3 is 2.00 bits per heavy atom. The molecule has 0 aromatic rings. The summed E-state index contributed by atoms with van der Waals surface area (Å²) >= 11 is 0. The maximum atomic E-state index is 5.46. The molecule has 0 saturated carbocycles. The molecule has 0 spiro atoms. The molecule has 0 N–H and O–H groups in total. The molecule has 0 atom stereocenters. The van der Waals surface area contributed by atoms with Gasteiger partial charge in [-0.05, 0) is 26.2 Å². The van der Waals surface area contributed by atoms with Gasteiger partial charge in [0.05, 0.1) is 6.61 Å². The summed E-state index contributed by atoms with van der Waals surface area (Å²) < 4.78 is 16.1. The largest absolute Gasteiger partial charge is 0.376 e. The first-order valence-electron chi connectivity index (χ1n) is 5.51. The van der Waals surface area contributed by atoms with Crippen LogP contribution < -0.4 is 0 Å². The van der Waals surface area contributed by atoms with E-state index in [0.717, 1.165) is 13.0 Å². The molecule has 3 heteroatoms. The zero-order valence-corrected chi connectivity index (χ0v) is 9.91. The normalized spacial score (nSPS) is 11.6. The summed E-state index contributed by atoms with van der Waals surface area (Å²) in [6, 6.07) is 0. The Hall–Kier alpha value is -0.120. The van der Waals surface area contributed by atoms with Gasteiger partial charge in [-0.2, -0.15) is 0 Å². The van der Waals surface area contributed by atoms with Crippen LogP contribution in [-0.2, 0) is 14.2 Å². The maximum Gasteiger partial charge on any atom is 0.180 e. The highest BCUT2D eigenvalue weighted by Gasteiger charge is 2.07. The van der Waals surface area contributed by atoms with Gasteiger partial charge in [-0.3, -0.25) is 0 Å². The van der Waals surface area contributed by atoms with Crippen molar-refractivity contribution in [2.45, 2.75) is 40.4 Å². The van der Waals surface area contributed by atoms with E-state index in [1.54, 1.807) is 0 Å². The van der Waals surface area contributed by atoms with Gasteiger partial charge in [0.25, 0.3) is 0 Å². The molecule has 3 nitrogen and oxygen atoms in total. The minimum Gasteiger partial charge on any atom is -0.376 e. The number of rotatable bonds is 9. The molecule has 0 aromatic carbocycles. The monoisotopic (exact) mass is 204 g/mol. The quantitative estimate of drug-likeness (QED) is 0.426. The predicted octanol–water partition coefficient (Wildman–Crippen LogP) is 2.45. The highest BCUT2D eigenvalue weighted by molar-refractivity contribution is 4.45. The number of hydrogen-bond donors (Lipinski definition) is 0. The van der Waals surface area contributed by atoms with E-state index in [0.29, 0.717) is 25.7 Å². The Kier molecular flexibility index (Phi) is 9.35. The van der Waals surface area contributed by atoms with Gasteiger partial charge < -0.3 is 14.2 Å². The maximum absolute atomic E-state index is 5.46. The summed E-state index contributed by atoms with van der Waals surface area (Å²) in [5.41, 5.74) is 0. The summed E-state index contributed by atoms with van der Waals surface area (Å²) in [6.45, 7) is 10.9. The average molecular weight is 204 g/mol. The van der Waals surface area contributed by atoms with Crippen molar-refractivity contribution in [3.05, 3.63) is 0 Å². The molecule has 0 fully saturated rings. The zero-order chi connectivity index (χ0) is 10.8. The van der Waals surface area contributed by atoms with Crippen molar-refractivity contribution in [1.29, 1.82) is 0 Å². The first-order chi connectivity index (χ1) is 6.70. The molecule has 0 aliphatic heterocycles. The van der Waals surface area contributed by atoms with Crippen LogP contribution in [0.5, 0.6) is 0 Å². The molecule has 0 amide bonds. The molecular weight excluding hydrogens is 180 g/mol. The van der Waals surface area contributed by atoms with Crippen molar-refractivity contribution in [2.75, 3.05) is 26.4 Å². The van der Waals surface area contributed by atoms with Crippen LogP contribution in [0.25, 0.3) is 0 Å². The van der Waals surface area contributed by atoms with Crippen molar-refractivity contribution in [3.8, 4) is 0 Å². The summed E-state index contributed by atoms with van der Waals surface area (Å²) in [4.78, 5) is 0. The van der Waals surface area contributed by atoms with Crippen molar-refractivity contribution >= 4 is 0 Å². The average Bonchev–Trinajstić information content (AvgIpc) is 2.12. The van der Waals surface area contributed by atoms with Crippen molar-refractivity contribution in [2.24, 2.45) is 5.92 Å². The summed E-state index contributed by atoms with van der Waals surface area (Å²) in [5.74, 6) is 0.688. The van der Waals surface area contributed by atoms with Gasteiger partial charge in [0.2, 0.25) is 0 Å². The van der Waals surface area contributed by atoms with E-state index in [9.17, 15) is 0 Å². The highest BCUT2D eigenvalue weighted by Crippen LogP contribution is 2.01. The molecule has 0 aromatic heterocycles. The van der Waals surface area contributed by atoms with Crippen LogP contribution in [-0.4, -0.2) is 32.7 Å².